The van der Waals surface area contributed by atoms with Crippen molar-refractivity contribution in [1.82, 2.24) is 5.32 Å². The van der Waals surface area contributed by atoms with E-state index in [4.69, 9.17) is 16.3 Å². The number of carbonyl (C=O) groups is 2. The van der Waals surface area contributed by atoms with E-state index in [9.17, 15) is 19.7 Å². The molecule has 1 aromatic rings. The Balaban J connectivity index is 2.13. The second-order valence-corrected chi connectivity index (χ2v) is 10.5. The van der Waals surface area contributed by atoms with Gasteiger partial charge in [-0.25, -0.2) is 4.79 Å². The van der Waals surface area contributed by atoms with Crippen molar-refractivity contribution in [2.24, 2.45) is 5.41 Å². The Morgan fingerprint density at radius 2 is 2.09 bits per heavy atom. The Kier molecular flexibility index (Phi) is 7.35. The van der Waals surface area contributed by atoms with Crippen molar-refractivity contribution in [3.8, 4) is 0 Å². The number of rotatable bonds is 7. The van der Waals surface area contributed by atoms with Gasteiger partial charge < -0.3 is 10.1 Å². The van der Waals surface area contributed by atoms with Gasteiger partial charge in [-0.1, -0.05) is 32.4 Å². The standard InChI is InChI=1S/C23H27ClN2O5S/c1-5-32-9-8-31-22(28)19-13(2)25-17-11-23(3,4)12-18(27)21(17)20(19)15-10-14(26(29)30)6-7-16(15)24/h6-7,10,20,25H,5,8-9,11-12H2,1-4H3/t20-/m1/s1. The fourth-order valence-electron chi connectivity index (χ4n) is 4.30. The number of nitro benzene ring substituents is 1. The molecular formula is C23H27ClN2O5S. The molecule has 0 saturated carbocycles. The molecule has 1 heterocycles. The van der Waals surface area contributed by atoms with E-state index in [1.807, 2.05) is 20.8 Å². The van der Waals surface area contributed by atoms with Gasteiger partial charge in [0.1, 0.15) is 6.61 Å². The number of hydrogen-bond donors (Lipinski definition) is 1. The molecule has 1 N–H and O–H groups in total. The number of nitrogens with one attached hydrogen (secondary N) is 1. The van der Waals surface area contributed by atoms with Gasteiger partial charge in [0.15, 0.2) is 5.78 Å². The van der Waals surface area contributed by atoms with E-state index in [-0.39, 0.29) is 34.1 Å². The number of dihydropyridines is 1. The monoisotopic (exact) mass is 478 g/mol. The number of thioether (sulfide) groups is 1. The largest absolute Gasteiger partial charge is 0.461 e. The van der Waals surface area contributed by atoms with Crippen LogP contribution in [-0.2, 0) is 14.3 Å². The summed E-state index contributed by atoms with van der Waals surface area (Å²) in [6.45, 7) is 8.04. The summed E-state index contributed by atoms with van der Waals surface area (Å²) in [6.07, 6.45) is 0.926. The molecule has 172 valence electrons. The highest BCUT2D eigenvalue weighted by atomic mass is 35.5. The Morgan fingerprint density at radius 1 is 1.38 bits per heavy atom. The number of allylic oxidation sites excluding steroid dienone is 3. The van der Waals surface area contributed by atoms with Crippen LogP contribution < -0.4 is 5.32 Å². The topological polar surface area (TPSA) is 98.5 Å². The molecule has 1 aromatic carbocycles. The van der Waals surface area contributed by atoms with Gasteiger partial charge in [-0.2, -0.15) is 11.8 Å². The normalized spacial score (nSPS) is 20.0. The number of benzene rings is 1. The summed E-state index contributed by atoms with van der Waals surface area (Å²) in [5.41, 5.74) is 1.96. The van der Waals surface area contributed by atoms with Crippen LogP contribution in [0.5, 0.6) is 0 Å². The Hall–Kier alpha value is -2.32. The van der Waals surface area contributed by atoms with Crippen molar-refractivity contribution >= 4 is 40.8 Å². The second kappa shape index (κ2) is 9.67. The molecular weight excluding hydrogens is 452 g/mol. The third-order valence-electron chi connectivity index (χ3n) is 5.63. The highest BCUT2D eigenvalue weighted by Crippen LogP contribution is 2.48. The number of non-ortho nitro benzene ring substituents is 1. The van der Waals surface area contributed by atoms with E-state index in [1.165, 1.54) is 18.2 Å². The van der Waals surface area contributed by atoms with E-state index >= 15 is 0 Å². The summed E-state index contributed by atoms with van der Waals surface area (Å²) in [5, 5.41) is 14.9. The first-order chi connectivity index (χ1) is 15.1. The molecule has 1 aliphatic carbocycles. The molecule has 0 unspecified atom stereocenters. The average Bonchev–Trinajstić information content (AvgIpc) is 2.69. The number of Topliss-reactive ketones (excluding diaryl/α,β-unsaturated/α-hetero) is 1. The number of nitrogens with zero attached hydrogens (tertiary/aromatic N) is 1. The van der Waals surface area contributed by atoms with Crippen LogP contribution in [-0.4, -0.2) is 34.8 Å². The summed E-state index contributed by atoms with van der Waals surface area (Å²) in [5.74, 6) is 0.0890. The highest BCUT2D eigenvalue weighted by molar-refractivity contribution is 7.99. The SMILES string of the molecule is CCSCCOC(=O)C1=C(C)NC2=C(C(=O)CC(C)(C)C2)[C@@H]1c1cc([N+](=O)[O-])ccc1Cl. The lowest BCUT2D eigenvalue weighted by molar-refractivity contribution is -0.384. The molecule has 9 heteroatoms. The van der Waals surface area contributed by atoms with Crippen LogP contribution in [0.2, 0.25) is 5.02 Å². The zero-order chi connectivity index (χ0) is 23.6. The van der Waals surface area contributed by atoms with E-state index < -0.39 is 16.8 Å². The van der Waals surface area contributed by atoms with Gasteiger partial charge in [-0.15, -0.1) is 0 Å². The van der Waals surface area contributed by atoms with Crippen molar-refractivity contribution in [3.05, 3.63) is 61.4 Å². The summed E-state index contributed by atoms with van der Waals surface area (Å²) in [6, 6.07) is 4.10. The number of carbonyl (C=O) groups excluding carboxylic acids is 2. The van der Waals surface area contributed by atoms with Crippen LogP contribution in [0.15, 0.2) is 40.7 Å². The van der Waals surface area contributed by atoms with Crippen molar-refractivity contribution in [2.45, 2.75) is 46.5 Å². The third-order valence-corrected chi connectivity index (χ3v) is 6.83. The molecule has 1 atom stereocenters. The van der Waals surface area contributed by atoms with Crippen LogP contribution in [0.4, 0.5) is 5.69 Å². The number of esters is 1. The molecule has 0 bridgehead atoms. The number of ether oxygens (including phenoxy) is 1. The lowest BCUT2D eigenvalue weighted by Gasteiger charge is -2.39. The summed E-state index contributed by atoms with van der Waals surface area (Å²) < 4.78 is 5.51. The molecule has 0 spiro atoms. The van der Waals surface area contributed by atoms with Crippen LogP contribution in [0.1, 0.15) is 52.0 Å². The molecule has 3 rings (SSSR count). The summed E-state index contributed by atoms with van der Waals surface area (Å²) in [7, 11) is 0. The first-order valence-electron chi connectivity index (χ1n) is 10.5. The molecule has 32 heavy (non-hydrogen) atoms. The molecule has 0 aromatic heterocycles. The van der Waals surface area contributed by atoms with Crippen LogP contribution in [0, 0.1) is 15.5 Å². The lowest BCUT2D eigenvalue weighted by atomic mass is 9.68. The summed E-state index contributed by atoms with van der Waals surface area (Å²) >= 11 is 8.13. The van der Waals surface area contributed by atoms with Crippen molar-refractivity contribution in [1.29, 1.82) is 0 Å². The quantitative estimate of drug-likeness (QED) is 0.250. The van der Waals surface area contributed by atoms with Gasteiger partial charge in [0, 0.05) is 52.2 Å². The van der Waals surface area contributed by atoms with Crippen LogP contribution in [0.3, 0.4) is 0 Å². The molecule has 0 amide bonds. The first kappa shape index (κ1) is 24.3. The molecule has 0 radical (unpaired) electrons. The maximum absolute atomic E-state index is 13.3. The van der Waals surface area contributed by atoms with Gasteiger partial charge >= 0.3 is 5.97 Å². The minimum Gasteiger partial charge on any atom is -0.461 e. The van der Waals surface area contributed by atoms with Gasteiger partial charge in [0.2, 0.25) is 0 Å². The van der Waals surface area contributed by atoms with Crippen molar-refractivity contribution < 1.29 is 19.2 Å². The zero-order valence-electron chi connectivity index (χ0n) is 18.6. The fraction of sp³-hybridized carbons (Fsp3) is 0.478. The first-order valence-corrected chi connectivity index (χ1v) is 12.0. The minimum atomic E-state index is -0.825. The fourth-order valence-corrected chi connectivity index (χ4v) is 5.02. The average molecular weight is 479 g/mol. The van der Waals surface area contributed by atoms with Crippen LogP contribution >= 0.6 is 23.4 Å². The van der Waals surface area contributed by atoms with Gasteiger partial charge in [0.05, 0.1) is 10.5 Å². The molecule has 1 aliphatic heterocycles. The zero-order valence-corrected chi connectivity index (χ0v) is 20.2. The predicted octanol–water partition coefficient (Wildman–Crippen LogP) is 5.15. The Labute approximate surface area is 196 Å². The van der Waals surface area contributed by atoms with Gasteiger partial charge in [-0.3, -0.25) is 14.9 Å². The maximum Gasteiger partial charge on any atom is 0.336 e. The number of hydrogen-bond acceptors (Lipinski definition) is 7. The lowest BCUT2D eigenvalue weighted by Crippen LogP contribution is -2.38. The van der Waals surface area contributed by atoms with E-state index in [0.717, 1.165) is 11.4 Å². The molecule has 0 saturated heterocycles. The Morgan fingerprint density at radius 3 is 2.75 bits per heavy atom. The summed E-state index contributed by atoms with van der Waals surface area (Å²) in [4.78, 5) is 37.3. The molecule has 0 fully saturated rings. The molecule has 2 aliphatic rings. The van der Waals surface area contributed by atoms with E-state index in [2.05, 4.69) is 5.32 Å². The number of halogens is 1. The van der Waals surface area contributed by atoms with Gasteiger partial charge in [0.25, 0.3) is 5.69 Å². The van der Waals surface area contributed by atoms with Crippen molar-refractivity contribution in [3.63, 3.8) is 0 Å². The van der Waals surface area contributed by atoms with E-state index in [1.54, 1.807) is 18.7 Å². The van der Waals surface area contributed by atoms with Crippen molar-refractivity contribution in [2.75, 3.05) is 18.1 Å². The predicted molar refractivity (Wildman–Crippen MR) is 126 cm³/mol. The maximum atomic E-state index is 13.3. The van der Waals surface area contributed by atoms with E-state index in [0.29, 0.717) is 35.4 Å². The Bertz CT molecular complexity index is 1030. The number of nitro groups is 1. The number of ketones is 1. The highest BCUT2D eigenvalue weighted by Gasteiger charge is 2.44. The second-order valence-electron chi connectivity index (χ2n) is 8.73. The van der Waals surface area contributed by atoms with Gasteiger partial charge in [-0.05, 0) is 36.1 Å². The third kappa shape index (κ3) is 5.02. The van der Waals surface area contributed by atoms with Crippen LogP contribution in [0.25, 0.3) is 0 Å². The molecule has 7 nitrogen and oxygen atoms in total. The minimum absolute atomic E-state index is 0.101. The smallest absolute Gasteiger partial charge is 0.336 e.